The van der Waals surface area contributed by atoms with Crippen molar-refractivity contribution in [2.75, 3.05) is 6.54 Å². The van der Waals surface area contributed by atoms with E-state index >= 15 is 0 Å². The van der Waals surface area contributed by atoms with Gasteiger partial charge in [-0.2, -0.15) is 0 Å². The lowest BCUT2D eigenvalue weighted by atomic mass is 10.1. The number of carbonyl (C=O) groups is 1. The van der Waals surface area contributed by atoms with Crippen molar-refractivity contribution in [1.82, 2.24) is 10.6 Å². The van der Waals surface area contributed by atoms with Gasteiger partial charge in [-0.25, -0.2) is 4.99 Å². The van der Waals surface area contributed by atoms with E-state index in [1.54, 1.807) is 0 Å². The topological polar surface area (TPSA) is 79.5 Å². The summed E-state index contributed by atoms with van der Waals surface area (Å²) in [5, 5.41) is 5.79. The van der Waals surface area contributed by atoms with Gasteiger partial charge in [0.15, 0.2) is 5.96 Å². The van der Waals surface area contributed by atoms with Crippen molar-refractivity contribution in [1.29, 1.82) is 0 Å². The SMILES string of the molecule is CC(C)(C)NC(=O)CN=C(N)NC(C)(C)C.I. The highest BCUT2D eigenvalue weighted by Crippen LogP contribution is 1.98. The van der Waals surface area contributed by atoms with E-state index in [0.717, 1.165) is 0 Å². The first-order valence-electron chi connectivity index (χ1n) is 5.39. The first-order chi connectivity index (χ1) is 6.99. The summed E-state index contributed by atoms with van der Waals surface area (Å²) >= 11 is 0. The molecule has 0 bridgehead atoms. The summed E-state index contributed by atoms with van der Waals surface area (Å²) in [4.78, 5) is 15.4. The zero-order valence-electron chi connectivity index (χ0n) is 11.5. The van der Waals surface area contributed by atoms with Gasteiger partial charge in [0.1, 0.15) is 6.54 Å². The second kappa shape index (κ2) is 7.03. The molecule has 102 valence electrons. The largest absolute Gasteiger partial charge is 0.370 e. The lowest BCUT2D eigenvalue weighted by Crippen LogP contribution is -2.46. The number of aliphatic imine (C=N–C) groups is 1. The summed E-state index contributed by atoms with van der Waals surface area (Å²) in [6.45, 7) is 11.7. The van der Waals surface area contributed by atoms with Gasteiger partial charge in [-0.05, 0) is 41.5 Å². The molecule has 1 amide bonds. The molecule has 0 rings (SSSR count). The molecule has 0 saturated heterocycles. The molecule has 0 spiro atoms. The van der Waals surface area contributed by atoms with Crippen LogP contribution in [0.1, 0.15) is 41.5 Å². The molecule has 5 nitrogen and oxygen atoms in total. The fourth-order valence-electron chi connectivity index (χ4n) is 1.04. The van der Waals surface area contributed by atoms with Gasteiger partial charge in [0.05, 0.1) is 0 Å². The van der Waals surface area contributed by atoms with Crippen LogP contribution in [0.3, 0.4) is 0 Å². The van der Waals surface area contributed by atoms with Gasteiger partial charge in [-0.3, -0.25) is 4.79 Å². The van der Waals surface area contributed by atoms with Crippen LogP contribution in [0.25, 0.3) is 0 Å². The van der Waals surface area contributed by atoms with E-state index < -0.39 is 0 Å². The number of carbonyl (C=O) groups excluding carboxylic acids is 1. The monoisotopic (exact) mass is 356 g/mol. The summed E-state index contributed by atoms with van der Waals surface area (Å²) < 4.78 is 0. The molecule has 0 radical (unpaired) electrons. The fourth-order valence-corrected chi connectivity index (χ4v) is 1.04. The van der Waals surface area contributed by atoms with Gasteiger partial charge in [-0.1, -0.05) is 0 Å². The van der Waals surface area contributed by atoms with Crippen molar-refractivity contribution in [3.63, 3.8) is 0 Å². The molecular formula is C11H25IN4O. The van der Waals surface area contributed by atoms with Crippen molar-refractivity contribution < 1.29 is 4.79 Å². The number of rotatable bonds is 2. The van der Waals surface area contributed by atoms with Crippen molar-refractivity contribution >= 4 is 35.8 Å². The second-order valence-electron chi connectivity index (χ2n) is 5.87. The summed E-state index contributed by atoms with van der Waals surface area (Å²) in [6, 6.07) is 0. The van der Waals surface area contributed by atoms with Crippen molar-refractivity contribution in [2.45, 2.75) is 52.6 Å². The number of amides is 1. The highest BCUT2D eigenvalue weighted by atomic mass is 127. The average Bonchev–Trinajstić information content (AvgIpc) is 1.94. The minimum atomic E-state index is -0.237. The third-order valence-corrected chi connectivity index (χ3v) is 1.41. The van der Waals surface area contributed by atoms with Crippen LogP contribution in [-0.2, 0) is 4.79 Å². The minimum absolute atomic E-state index is 0. The maximum atomic E-state index is 11.4. The van der Waals surface area contributed by atoms with E-state index in [9.17, 15) is 4.79 Å². The zero-order valence-corrected chi connectivity index (χ0v) is 13.9. The smallest absolute Gasteiger partial charge is 0.242 e. The maximum Gasteiger partial charge on any atom is 0.242 e. The number of nitrogens with two attached hydrogens (primary N) is 1. The molecule has 0 aromatic heterocycles. The fraction of sp³-hybridized carbons (Fsp3) is 0.818. The molecule has 0 unspecified atom stereocenters. The quantitative estimate of drug-likeness (QED) is 0.396. The molecule has 4 N–H and O–H groups in total. The maximum absolute atomic E-state index is 11.4. The highest BCUT2D eigenvalue weighted by Gasteiger charge is 2.14. The van der Waals surface area contributed by atoms with E-state index in [1.807, 2.05) is 41.5 Å². The van der Waals surface area contributed by atoms with Crippen molar-refractivity contribution in [3.8, 4) is 0 Å². The third-order valence-electron chi connectivity index (χ3n) is 1.41. The van der Waals surface area contributed by atoms with Crippen molar-refractivity contribution in [2.24, 2.45) is 10.7 Å². The molecule has 0 aliphatic rings. The Balaban J connectivity index is 0. The molecule has 0 aliphatic heterocycles. The predicted octanol–water partition coefficient (Wildman–Crippen LogP) is 1.22. The Hall–Kier alpha value is -0.530. The van der Waals surface area contributed by atoms with Gasteiger partial charge in [0.2, 0.25) is 5.91 Å². The molecule has 0 aromatic carbocycles. The van der Waals surface area contributed by atoms with Crippen LogP contribution < -0.4 is 16.4 Å². The van der Waals surface area contributed by atoms with E-state index in [2.05, 4.69) is 15.6 Å². The average molecular weight is 356 g/mol. The van der Waals surface area contributed by atoms with Crippen LogP contribution in [0.2, 0.25) is 0 Å². The molecule has 0 saturated carbocycles. The van der Waals surface area contributed by atoms with Gasteiger partial charge in [0.25, 0.3) is 0 Å². The van der Waals surface area contributed by atoms with Gasteiger partial charge in [-0.15, -0.1) is 24.0 Å². The first kappa shape index (κ1) is 18.8. The van der Waals surface area contributed by atoms with Gasteiger partial charge < -0.3 is 16.4 Å². The van der Waals surface area contributed by atoms with Crippen molar-refractivity contribution in [3.05, 3.63) is 0 Å². The van der Waals surface area contributed by atoms with Crippen LogP contribution in [0.4, 0.5) is 0 Å². The second-order valence-corrected chi connectivity index (χ2v) is 5.87. The Morgan fingerprint density at radius 3 is 1.82 bits per heavy atom. The summed E-state index contributed by atoms with van der Waals surface area (Å²) in [7, 11) is 0. The number of guanidine groups is 1. The Bertz CT molecular complexity index is 276. The molecule has 6 heteroatoms. The van der Waals surface area contributed by atoms with Crippen LogP contribution in [-0.4, -0.2) is 29.5 Å². The Kier molecular flexibility index (Phi) is 7.78. The molecule has 0 atom stereocenters. The van der Waals surface area contributed by atoms with E-state index in [-0.39, 0.29) is 53.5 Å². The molecule has 17 heavy (non-hydrogen) atoms. The Morgan fingerprint density at radius 2 is 1.47 bits per heavy atom. The van der Waals surface area contributed by atoms with E-state index in [0.29, 0.717) is 0 Å². The standard InChI is InChI=1S/C11H24N4O.HI/c1-10(2,3)14-8(16)7-13-9(12)15-11(4,5)6;/h7H2,1-6H3,(H,14,16)(H3,12,13,15);1H. The first-order valence-corrected chi connectivity index (χ1v) is 5.39. The number of hydrogen-bond acceptors (Lipinski definition) is 2. The predicted molar refractivity (Wildman–Crippen MR) is 82.7 cm³/mol. The van der Waals surface area contributed by atoms with Crippen LogP contribution in [0, 0.1) is 0 Å². The van der Waals surface area contributed by atoms with E-state index in [4.69, 9.17) is 5.73 Å². The lowest BCUT2D eigenvalue weighted by Gasteiger charge is -2.22. The van der Waals surface area contributed by atoms with Crippen LogP contribution in [0.5, 0.6) is 0 Å². The molecule has 0 fully saturated rings. The third kappa shape index (κ3) is 13.4. The number of nitrogens with zero attached hydrogens (tertiary/aromatic N) is 1. The number of hydrogen-bond donors (Lipinski definition) is 3. The summed E-state index contributed by atoms with van der Waals surface area (Å²) in [5.41, 5.74) is 5.25. The molecule has 0 aliphatic carbocycles. The van der Waals surface area contributed by atoms with Gasteiger partial charge in [0, 0.05) is 11.1 Å². The molecule has 0 aromatic rings. The Morgan fingerprint density at radius 1 is 1.06 bits per heavy atom. The molecular weight excluding hydrogens is 331 g/mol. The van der Waals surface area contributed by atoms with Crippen LogP contribution >= 0.6 is 24.0 Å². The minimum Gasteiger partial charge on any atom is -0.370 e. The summed E-state index contributed by atoms with van der Waals surface area (Å²) in [5.74, 6) is 0.155. The number of nitrogens with one attached hydrogen (secondary N) is 2. The normalized spacial score (nSPS) is 12.7. The lowest BCUT2D eigenvalue weighted by molar-refractivity contribution is -0.121. The molecule has 0 heterocycles. The highest BCUT2D eigenvalue weighted by molar-refractivity contribution is 14.0. The van der Waals surface area contributed by atoms with E-state index in [1.165, 1.54) is 0 Å². The van der Waals surface area contributed by atoms with Gasteiger partial charge >= 0.3 is 0 Å². The number of halogens is 1. The summed E-state index contributed by atoms with van der Waals surface area (Å²) in [6.07, 6.45) is 0. The Labute approximate surface area is 121 Å². The zero-order chi connectivity index (χ0) is 13.0. The van der Waals surface area contributed by atoms with Crippen LogP contribution in [0.15, 0.2) is 4.99 Å².